The van der Waals surface area contributed by atoms with Crippen molar-refractivity contribution in [1.82, 2.24) is 5.32 Å². The molecule has 0 radical (unpaired) electrons. The Hall–Kier alpha value is -2.92. The van der Waals surface area contributed by atoms with Gasteiger partial charge in [0.05, 0.1) is 6.54 Å². The minimum atomic E-state index is -0.659. The monoisotopic (exact) mass is 351 g/mol. The summed E-state index contributed by atoms with van der Waals surface area (Å²) in [4.78, 5) is 24.7. The molecule has 134 valence electrons. The quantitative estimate of drug-likeness (QED) is 0.691. The molecule has 3 rings (SSSR count). The molecule has 1 N–H and O–H groups in total. The lowest BCUT2D eigenvalue weighted by atomic mass is 9.90. The van der Waals surface area contributed by atoms with Gasteiger partial charge in [0, 0.05) is 12.5 Å². The van der Waals surface area contributed by atoms with Crippen molar-refractivity contribution in [3.8, 4) is 0 Å². The summed E-state index contributed by atoms with van der Waals surface area (Å²) in [6.07, 6.45) is 0.667. The van der Waals surface area contributed by atoms with Gasteiger partial charge in [0.1, 0.15) is 16.7 Å². The number of nitrogens with one attached hydrogen (secondary N) is 1. The largest absolute Gasteiger partial charge is 0.422 e. The van der Waals surface area contributed by atoms with Gasteiger partial charge in [-0.3, -0.25) is 4.79 Å². The molecule has 5 heteroatoms. The van der Waals surface area contributed by atoms with Crippen molar-refractivity contribution >= 4 is 16.9 Å². The highest BCUT2D eigenvalue weighted by molar-refractivity contribution is 5.96. The molecule has 0 saturated heterocycles. The lowest BCUT2D eigenvalue weighted by Gasteiger charge is -2.32. The van der Waals surface area contributed by atoms with E-state index in [0.29, 0.717) is 17.4 Å². The normalized spacial score (nSPS) is 13.3. The van der Waals surface area contributed by atoms with Crippen molar-refractivity contribution in [1.29, 1.82) is 0 Å². The van der Waals surface area contributed by atoms with E-state index < -0.39 is 17.1 Å². The van der Waals surface area contributed by atoms with Crippen LogP contribution in [0, 0.1) is 0 Å². The van der Waals surface area contributed by atoms with Crippen LogP contribution in [0.15, 0.2) is 69.9 Å². The number of rotatable bonds is 6. The van der Waals surface area contributed by atoms with Crippen molar-refractivity contribution in [3.63, 3.8) is 0 Å². The molecular formula is C21H21NO4. The van der Waals surface area contributed by atoms with E-state index in [1.54, 1.807) is 31.4 Å². The Morgan fingerprint density at radius 1 is 1.12 bits per heavy atom. The fourth-order valence-electron chi connectivity index (χ4n) is 3.05. The highest BCUT2D eigenvalue weighted by Gasteiger charge is 2.31. The Bertz CT molecular complexity index is 958. The summed E-state index contributed by atoms with van der Waals surface area (Å²) in [5.74, 6) is -0.477. The second-order valence-corrected chi connectivity index (χ2v) is 6.09. The van der Waals surface area contributed by atoms with Crippen LogP contribution < -0.4 is 10.9 Å². The van der Waals surface area contributed by atoms with Crippen LogP contribution in [0.25, 0.3) is 11.0 Å². The van der Waals surface area contributed by atoms with Gasteiger partial charge in [-0.25, -0.2) is 4.79 Å². The van der Waals surface area contributed by atoms with Gasteiger partial charge in [0.25, 0.3) is 5.91 Å². The number of para-hydroxylation sites is 1. The number of hydrogen-bond acceptors (Lipinski definition) is 4. The van der Waals surface area contributed by atoms with Gasteiger partial charge >= 0.3 is 5.63 Å². The first-order valence-corrected chi connectivity index (χ1v) is 8.51. The summed E-state index contributed by atoms with van der Waals surface area (Å²) in [7, 11) is 1.62. The summed E-state index contributed by atoms with van der Waals surface area (Å²) in [5, 5.41) is 3.52. The highest BCUT2D eigenvalue weighted by atomic mass is 16.5. The molecule has 1 amide bonds. The van der Waals surface area contributed by atoms with E-state index in [9.17, 15) is 9.59 Å². The number of ether oxygens (including phenoxy) is 1. The molecule has 0 saturated carbocycles. The average molecular weight is 351 g/mol. The third kappa shape index (κ3) is 3.39. The van der Waals surface area contributed by atoms with E-state index in [2.05, 4.69) is 5.32 Å². The Morgan fingerprint density at radius 3 is 2.50 bits per heavy atom. The zero-order valence-electron chi connectivity index (χ0n) is 14.8. The lowest BCUT2D eigenvalue weighted by molar-refractivity contribution is -0.0164. The minimum Gasteiger partial charge on any atom is -0.422 e. The van der Waals surface area contributed by atoms with Crippen LogP contribution in [0.3, 0.4) is 0 Å². The molecule has 26 heavy (non-hydrogen) atoms. The molecule has 0 aliphatic heterocycles. The zero-order valence-corrected chi connectivity index (χ0v) is 14.8. The zero-order chi connectivity index (χ0) is 18.6. The summed E-state index contributed by atoms with van der Waals surface area (Å²) in [5.41, 5.74) is 0.0980. The molecular weight excluding hydrogens is 330 g/mol. The van der Waals surface area contributed by atoms with Crippen LogP contribution in [-0.4, -0.2) is 19.6 Å². The number of amides is 1. The molecule has 0 aliphatic carbocycles. The van der Waals surface area contributed by atoms with E-state index >= 15 is 0 Å². The maximum absolute atomic E-state index is 12.6. The third-order valence-corrected chi connectivity index (χ3v) is 4.68. The topological polar surface area (TPSA) is 68.5 Å². The molecule has 1 heterocycles. The Labute approximate surface area is 151 Å². The van der Waals surface area contributed by atoms with Gasteiger partial charge < -0.3 is 14.5 Å². The van der Waals surface area contributed by atoms with Crippen LogP contribution in [0.5, 0.6) is 0 Å². The standard InChI is InChI=1S/C21H21NO4/c1-3-21(25-2,16-10-5-4-6-11-16)14-22-19(23)17-13-15-9-7-8-12-18(15)26-20(17)24/h4-13H,3,14H2,1-2H3,(H,22,23). The summed E-state index contributed by atoms with van der Waals surface area (Å²) in [6, 6.07) is 18.4. The van der Waals surface area contributed by atoms with Gasteiger partial charge in [0.2, 0.25) is 0 Å². The van der Waals surface area contributed by atoms with E-state index in [4.69, 9.17) is 9.15 Å². The highest BCUT2D eigenvalue weighted by Crippen LogP contribution is 2.28. The maximum atomic E-state index is 12.6. The maximum Gasteiger partial charge on any atom is 0.349 e. The molecule has 0 aliphatic rings. The van der Waals surface area contributed by atoms with Crippen LogP contribution in [0.2, 0.25) is 0 Å². The van der Waals surface area contributed by atoms with Gasteiger partial charge in [0.15, 0.2) is 0 Å². The van der Waals surface area contributed by atoms with Crippen molar-refractivity contribution < 1.29 is 13.9 Å². The molecule has 1 unspecified atom stereocenters. The van der Waals surface area contributed by atoms with E-state index in [-0.39, 0.29) is 12.1 Å². The Kier molecular flexibility index (Phi) is 5.19. The fraction of sp³-hybridized carbons (Fsp3) is 0.238. The first-order valence-electron chi connectivity index (χ1n) is 8.51. The summed E-state index contributed by atoms with van der Waals surface area (Å²) < 4.78 is 11.0. The third-order valence-electron chi connectivity index (χ3n) is 4.68. The van der Waals surface area contributed by atoms with Gasteiger partial charge in [-0.05, 0) is 24.1 Å². The molecule has 0 spiro atoms. The number of carbonyl (C=O) groups is 1. The molecule has 0 fully saturated rings. The number of hydrogen-bond donors (Lipinski definition) is 1. The number of fused-ring (bicyclic) bond motifs is 1. The fourth-order valence-corrected chi connectivity index (χ4v) is 3.05. The van der Waals surface area contributed by atoms with Crippen molar-refractivity contribution in [2.45, 2.75) is 18.9 Å². The molecule has 0 bridgehead atoms. The first kappa shape index (κ1) is 17.9. The summed E-state index contributed by atoms with van der Waals surface area (Å²) in [6.45, 7) is 2.24. The van der Waals surface area contributed by atoms with E-state index in [0.717, 1.165) is 5.56 Å². The molecule has 5 nitrogen and oxygen atoms in total. The van der Waals surface area contributed by atoms with Crippen LogP contribution in [-0.2, 0) is 10.3 Å². The van der Waals surface area contributed by atoms with E-state index in [1.165, 1.54) is 0 Å². The second-order valence-electron chi connectivity index (χ2n) is 6.09. The predicted molar refractivity (Wildman–Crippen MR) is 100 cm³/mol. The number of benzene rings is 2. The Balaban J connectivity index is 1.85. The van der Waals surface area contributed by atoms with Crippen molar-refractivity contribution in [2.24, 2.45) is 0 Å². The van der Waals surface area contributed by atoms with Crippen LogP contribution in [0.4, 0.5) is 0 Å². The van der Waals surface area contributed by atoms with Crippen molar-refractivity contribution in [2.75, 3.05) is 13.7 Å². The van der Waals surface area contributed by atoms with Crippen LogP contribution in [0.1, 0.15) is 29.3 Å². The molecule has 3 aromatic rings. The number of methoxy groups -OCH3 is 1. The van der Waals surface area contributed by atoms with E-state index in [1.807, 2.05) is 43.3 Å². The first-order chi connectivity index (χ1) is 12.6. The molecule has 1 aromatic heterocycles. The lowest BCUT2D eigenvalue weighted by Crippen LogP contribution is -2.42. The van der Waals surface area contributed by atoms with Crippen molar-refractivity contribution in [3.05, 3.63) is 82.2 Å². The number of carbonyl (C=O) groups excluding carboxylic acids is 1. The average Bonchev–Trinajstić information content (AvgIpc) is 2.69. The van der Waals surface area contributed by atoms with Gasteiger partial charge in [-0.1, -0.05) is 55.5 Å². The smallest absolute Gasteiger partial charge is 0.349 e. The van der Waals surface area contributed by atoms with Crippen LogP contribution >= 0.6 is 0 Å². The molecule has 1 atom stereocenters. The van der Waals surface area contributed by atoms with Gasteiger partial charge in [-0.2, -0.15) is 0 Å². The van der Waals surface area contributed by atoms with Gasteiger partial charge in [-0.15, -0.1) is 0 Å². The minimum absolute atomic E-state index is 0.0159. The molecule has 2 aromatic carbocycles. The summed E-state index contributed by atoms with van der Waals surface area (Å²) >= 11 is 0. The second kappa shape index (κ2) is 7.54. The Morgan fingerprint density at radius 2 is 1.81 bits per heavy atom. The SMILES string of the molecule is CCC(CNC(=O)c1cc2ccccc2oc1=O)(OC)c1ccccc1. The predicted octanol–water partition coefficient (Wildman–Crippen LogP) is 3.47.